The summed E-state index contributed by atoms with van der Waals surface area (Å²) in [7, 11) is -3.83. The normalized spacial score (nSPS) is 12.0. The van der Waals surface area contributed by atoms with E-state index >= 15 is 0 Å². The standard InChI is InChI=1S/C16H16N2O3S/c1-10-8-11(2)15(12(3)9-10)22(20,21)18-7-5-13-4-6-17-16(19)14(13)18/h4-9H,1-3H3,(H,17,19). The number of rotatable bonds is 2. The fourth-order valence-electron chi connectivity index (χ4n) is 2.94. The first-order valence-electron chi connectivity index (χ1n) is 6.84. The molecule has 3 rings (SSSR count). The lowest BCUT2D eigenvalue weighted by Gasteiger charge is -2.13. The Morgan fingerprint density at radius 3 is 2.32 bits per heavy atom. The molecule has 0 aliphatic rings. The minimum Gasteiger partial charge on any atom is -0.327 e. The minimum absolute atomic E-state index is 0.141. The summed E-state index contributed by atoms with van der Waals surface area (Å²) in [6.45, 7) is 5.46. The van der Waals surface area contributed by atoms with Gasteiger partial charge in [0.15, 0.2) is 0 Å². The second-order valence-electron chi connectivity index (χ2n) is 5.46. The third-order valence-electron chi connectivity index (χ3n) is 3.70. The van der Waals surface area contributed by atoms with Gasteiger partial charge < -0.3 is 4.98 Å². The molecule has 0 saturated heterocycles. The molecule has 0 fully saturated rings. The van der Waals surface area contributed by atoms with Crippen LogP contribution in [0, 0.1) is 20.8 Å². The van der Waals surface area contributed by atoms with Crippen molar-refractivity contribution in [3.05, 3.63) is 63.7 Å². The summed E-state index contributed by atoms with van der Waals surface area (Å²) >= 11 is 0. The maximum absolute atomic E-state index is 13.0. The van der Waals surface area contributed by atoms with Gasteiger partial charge in [-0.05, 0) is 44.0 Å². The fourth-order valence-corrected chi connectivity index (χ4v) is 4.72. The molecule has 1 N–H and O–H groups in total. The number of hydrogen-bond acceptors (Lipinski definition) is 3. The van der Waals surface area contributed by atoms with Crippen LogP contribution in [0.5, 0.6) is 0 Å². The van der Waals surface area contributed by atoms with Crippen LogP contribution in [0.4, 0.5) is 0 Å². The van der Waals surface area contributed by atoms with Crippen LogP contribution in [0.15, 0.2) is 46.3 Å². The second-order valence-corrected chi connectivity index (χ2v) is 7.21. The van der Waals surface area contributed by atoms with E-state index in [1.54, 1.807) is 26.0 Å². The molecular formula is C16H16N2O3S. The van der Waals surface area contributed by atoms with Crippen molar-refractivity contribution in [2.24, 2.45) is 0 Å². The number of hydrogen-bond donors (Lipinski definition) is 1. The Bertz CT molecular complexity index is 1020. The molecule has 0 amide bonds. The lowest BCUT2D eigenvalue weighted by molar-refractivity contribution is 0.587. The Kier molecular flexibility index (Phi) is 3.21. The number of H-pyrrole nitrogens is 1. The highest BCUT2D eigenvalue weighted by atomic mass is 32.2. The molecule has 0 bridgehead atoms. The van der Waals surface area contributed by atoms with Gasteiger partial charge in [-0.3, -0.25) is 4.79 Å². The molecule has 2 heterocycles. The van der Waals surface area contributed by atoms with E-state index in [1.165, 1.54) is 12.4 Å². The molecule has 114 valence electrons. The maximum Gasteiger partial charge on any atom is 0.273 e. The van der Waals surface area contributed by atoms with Crippen molar-refractivity contribution in [1.29, 1.82) is 0 Å². The molecule has 0 radical (unpaired) electrons. The van der Waals surface area contributed by atoms with Gasteiger partial charge >= 0.3 is 0 Å². The molecule has 0 unspecified atom stereocenters. The molecule has 0 aliphatic heterocycles. The summed E-state index contributed by atoms with van der Waals surface area (Å²) in [6.07, 6.45) is 2.93. The van der Waals surface area contributed by atoms with Crippen molar-refractivity contribution in [3.8, 4) is 0 Å². The highest BCUT2D eigenvalue weighted by Gasteiger charge is 2.24. The lowest BCUT2D eigenvalue weighted by atomic mass is 10.1. The molecule has 6 heteroatoms. The molecular weight excluding hydrogens is 300 g/mol. The Morgan fingerprint density at radius 2 is 1.68 bits per heavy atom. The quantitative estimate of drug-likeness (QED) is 0.789. The topological polar surface area (TPSA) is 71.9 Å². The number of aryl methyl sites for hydroxylation is 3. The Labute approximate surface area is 128 Å². The van der Waals surface area contributed by atoms with Crippen molar-refractivity contribution < 1.29 is 8.42 Å². The van der Waals surface area contributed by atoms with Crippen molar-refractivity contribution in [1.82, 2.24) is 8.96 Å². The number of pyridine rings is 1. The maximum atomic E-state index is 13.0. The summed E-state index contributed by atoms with van der Waals surface area (Å²) in [5.41, 5.74) is 2.07. The molecule has 0 atom stereocenters. The average Bonchev–Trinajstić information content (AvgIpc) is 2.83. The van der Waals surface area contributed by atoms with E-state index in [0.717, 1.165) is 9.54 Å². The number of fused-ring (bicyclic) bond motifs is 1. The molecule has 3 aromatic rings. The van der Waals surface area contributed by atoms with E-state index in [1.807, 2.05) is 19.1 Å². The van der Waals surface area contributed by atoms with Crippen LogP contribution in [-0.4, -0.2) is 17.4 Å². The van der Waals surface area contributed by atoms with Crippen molar-refractivity contribution in [3.63, 3.8) is 0 Å². The van der Waals surface area contributed by atoms with Crippen LogP contribution in [-0.2, 0) is 10.0 Å². The smallest absolute Gasteiger partial charge is 0.273 e. The molecule has 0 spiro atoms. The zero-order valence-electron chi connectivity index (χ0n) is 12.5. The average molecular weight is 316 g/mol. The van der Waals surface area contributed by atoms with Gasteiger partial charge in [-0.1, -0.05) is 17.7 Å². The van der Waals surface area contributed by atoms with E-state index in [0.29, 0.717) is 16.5 Å². The largest absolute Gasteiger partial charge is 0.327 e. The van der Waals surface area contributed by atoms with Gasteiger partial charge in [0.2, 0.25) is 0 Å². The summed E-state index contributed by atoms with van der Waals surface area (Å²) in [5, 5.41) is 0.592. The van der Waals surface area contributed by atoms with E-state index in [4.69, 9.17) is 0 Å². The van der Waals surface area contributed by atoms with Crippen LogP contribution < -0.4 is 5.56 Å². The van der Waals surface area contributed by atoms with Crippen LogP contribution in [0.3, 0.4) is 0 Å². The van der Waals surface area contributed by atoms with Crippen LogP contribution >= 0.6 is 0 Å². The number of nitrogens with one attached hydrogen (secondary N) is 1. The first-order chi connectivity index (χ1) is 10.3. The monoisotopic (exact) mass is 316 g/mol. The summed E-state index contributed by atoms with van der Waals surface area (Å²) in [6, 6.07) is 6.96. The predicted molar refractivity (Wildman–Crippen MR) is 85.8 cm³/mol. The van der Waals surface area contributed by atoms with Gasteiger partial charge in [-0.25, -0.2) is 12.4 Å². The van der Waals surface area contributed by atoms with Crippen molar-refractivity contribution in [2.45, 2.75) is 25.7 Å². The number of nitrogens with zero attached hydrogens (tertiary/aromatic N) is 1. The van der Waals surface area contributed by atoms with E-state index in [-0.39, 0.29) is 10.4 Å². The Balaban J connectivity index is 2.38. The fraction of sp³-hybridized carbons (Fsp3) is 0.188. The first-order valence-corrected chi connectivity index (χ1v) is 8.28. The minimum atomic E-state index is -3.83. The van der Waals surface area contributed by atoms with Crippen LogP contribution in [0.2, 0.25) is 0 Å². The van der Waals surface area contributed by atoms with Gasteiger partial charge in [0, 0.05) is 17.8 Å². The highest BCUT2D eigenvalue weighted by molar-refractivity contribution is 7.90. The van der Waals surface area contributed by atoms with Gasteiger partial charge in [-0.15, -0.1) is 0 Å². The van der Waals surface area contributed by atoms with Crippen molar-refractivity contribution in [2.75, 3.05) is 0 Å². The molecule has 2 aromatic heterocycles. The molecule has 5 nitrogen and oxygen atoms in total. The molecule has 1 aromatic carbocycles. The van der Waals surface area contributed by atoms with E-state index in [9.17, 15) is 13.2 Å². The van der Waals surface area contributed by atoms with Crippen molar-refractivity contribution >= 4 is 20.9 Å². The SMILES string of the molecule is Cc1cc(C)c(S(=O)(=O)n2ccc3cc[nH]c(=O)c32)c(C)c1. The van der Waals surface area contributed by atoms with E-state index in [2.05, 4.69) is 4.98 Å². The summed E-state index contributed by atoms with van der Waals surface area (Å²) in [5.74, 6) is 0. The molecule has 0 saturated carbocycles. The highest BCUT2D eigenvalue weighted by Crippen LogP contribution is 2.26. The second kappa shape index (κ2) is 4.84. The summed E-state index contributed by atoms with van der Waals surface area (Å²) in [4.78, 5) is 14.8. The zero-order chi connectivity index (χ0) is 16.1. The Hall–Kier alpha value is -2.34. The Morgan fingerprint density at radius 1 is 1.05 bits per heavy atom. The molecule has 0 aliphatic carbocycles. The zero-order valence-corrected chi connectivity index (χ0v) is 13.4. The molecule has 22 heavy (non-hydrogen) atoms. The number of aromatic nitrogens is 2. The third kappa shape index (κ3) is 2.07. The number of aromatic amines is 1. The predicted octanol–water partition coefficient (Wildman–Crippen LogP) is 2.49. The first kappa shape index (κ1) is 14.6. The van der Waals surface area contributed by atoms with Gasteiger partial charge in [0.25, 0.3) is 15.6 Å². The van der Waals surface area contributed by atoms with Gasteiger partial charge in [0.05, 0.1) is 4.90 Å². The third-order valence-corrected chi connectivity index (χ3v) is 5.68. The van der Waals surface area contributed by atoms with Gasteiger partial charge in [0.1, 0.15) is 5.52 Å². The van der Waals surface area contributed by atoms with Gasteiger partial charge in [-0.2, -0.15) is 0 Å². The van der Waals surface area contributed by atoms with Crippen LogP contribution in [0.25, 0.3) is 10.9 Å². The number of benzene rings is 1. The van der Waals surface area contributed by atoms with E-state index < -0.39 is 15.6 Å². The lowest BCUT2D eigenvalue weighted by Crippen LogP contribution is -2.19. The summed E-state index contributed by atoms with van der Waals surface area (Å²) < 4.78 is 27.1. The van der Waals surface area contributed by atoms with Crippen LogP contribution in [0.1, 0.15) is 16.7 Å².